The van der Waals surface area contributed by atoms with Gasteiger partial charge in [-0.15, -0.1) is 0 Å². The number of hydrogen-bond donors (Lipinski definition) is 1. The number of nitrogens with zero attached hydrogens (tertiary/aromatic N) is 2. The number of esters is 1. The lowest BCUT2D eigenvalue weighted by molar-refractivity contribution is -0.147. The number of carbonyl (C=O) groups excluding carboxylic acids is 2. The van der Waals surface area contributed by atoms with Crippen molar-refractivity contribution in [2.24, 2.45) is 0 Å². The van der Waals surface area contributed by atoms with Crippen LogP contribution in [0.3, 0.4) is 0 Å². The van der Waals surface area contributed by atoms with Gasteiger partial charge >= 0.3 is 11.7 Å². The molecule has 0 saturated carbocycles. The molecule has 1 heterocycles. The number of carbonyl (C=O) groups is 2. The highest BCUT2D eigenvalue weighted by atomic mass is 16.5. The fourth-order valence-electron chi connectivity index (χ4n) is 1.60. The Bertz CT molecular complexity index is 589. The third kappa shape index (κ3) is 4.38. The molecule has 110 valence electrons. The summed E-state index contributed by atoms with van der Waals surface area (Å²) in [5, 5.41) is 0. The Morgan fingerprint density at radius 2 is 2.10 bits per heavy atom. The largest absolute Gasteiger partial charge is 0.468 e. The number of H-pyrrole nitrogens is 1. The average molecular weight is 283 g/mol. The van der Waals surface area contributed by atoms with Gasteiger partial charge in [0.05, 0.1) is 7.11 Å². The van der Waals surface area contributed by atoms with Gasteiger partial charge in [-0.3, -0.25) is 23.9 Å². The van der Waals surface area contributed by atoms with Gasteiger partial charge in [-0.25, -0.2) is 4.79 Å². The van der Waals surface area contributed by atoms with Gasteiger partial charge in [0.25, 0.3) is 5.56 Å². The van der Waals surface area contributed by atoms with E-state index in [4.69, 9.17) is 0 Å². The number of nitrogens with one attached hydrogen (secondary N) is 1. The number of ether oxygens (including phenoxy) is 1. The predicted molar refractivity (Wildman–Crippen MR) is 70.2 cm³/mol. The molecule has 0 fully saturated rings. The Morgan fingerprint density at radius 1 is 1.40 bits per heavy atom. The van der Waals surface area contributed by atoms with Crippen LogP contribution in [0.5, 0.6) is 0 Å². The number of aromatic amines is 1. The third-order valence-corrected chi connectivity index (χ3v) is 2.60. The molecule has 0 aromatic carbocycles. The van der Waals surface area contributed by atoms with Crippen LogP contribution in [0.4, 0.5) is 0 Å². The molecule has 20 heavy (non-hydrogen) atoms. The molecule has 1 N–H and O–H groups in total. The van der Waals surface area contributed by atoms with E-state index in [2.05, 4.69) is 9.72 Å². The van der Waals surface area contributed by atoms with E-state index in [1.165, 1.54) is 18.2 Å². The molecule has 1 aromatic rings. The van der Waals surface area contributed by atoms with E-state index < -0.39 is 23.1 Å². The molecule has 0 unspecified atom stereocenters. The van der Waals surface area contributed by atoms with E-state index in [1.54, 1.807) is 0 Å². The molecular weight excluding hydrogens is 266 g/mol. The Balaban J connectivity index is 2.82. The predicted octanol–water partition coefficient (Wildman–Crippen LogP) is -1.05. The van der Waals surface area contributed by atoms with Crippen molar-refractivity contribution >= 4 is 11.9 Å². The summed E-state index contributed by atoms with van der Waals surface area (Å²) >= 11 is 0. The summed E-state index contributed by atoms with van der Waals surface area (Å²) in [6.45, 7) is 1.84. The van der Waals surface area contributed by atoms with Crippen molar-refractivity contribution in [2.75, 3.05) is 20.2 Å². The van der Waals surface area contributed by atoms with Crippen LogP contribution in [0, 0.1) is 0 Å². The van der Waals surface area contributed by atoms with Crippen molar-refractivity contribution in [3.05, 3.63) is 33.1 Å². The zero-order valence-corrected chi connectivity index (χ0v) is 11.4. The monoisotopic (exact) mass is 283 g/mol. The fourth-order valence-corrected chi connectivity index (χ4v) is 1.60. The number of aromatic nitrogens is 2. The fraction of sp³-hybridized carbons (Fsp3) is 0.500. The van der Waals surface area contributed by atoms with Crippen molar-refractivity contribution < 1.29 is 14.3 Å². The van der Waals surface area contributed by atoms with E-state index in [0.717, 1.165) is 10.6 Å². The molecule has 0 aliphatic rings. The van der Waals surface area contributed by atoms with Crippen LogP contribution >= 0.6 is 0 Å². The molecular formula is C12H17N3O5. The first-order valence-corrected chi connectivity index (χ1v) is 6.12. The summed E-state index contributed by atoms with van der Waals surface area (Å²) in [6, 6.07) is 1.15. The van der Waals surface area contributed by atoms with Gasteiger partial charge in [0, 0.05) is 18.8 Å². The van der Waals surface area contributed by atoms with Gasteiger partial charge in [0.2, 0.25) is 5.91 Å². The Morgan fingerprint density at radius 3 is 2.65 bits per heavy atom. The van der Waals surface area contributed by atoms with E-state index in [-0.39, 0.29) is 13.1 Å². The Hall–Kier alpha value is -2.38. The zero-order valence-electron chi connectivity index (χ0n) is 11.4. The second kappa shape index (κ2) is 7.27. The van der Waals surface area contributed by atoms with Gasteiger partial charge < -0.3 is 9.64 Å². The van der Waals surface area contributed by atoms with Gasteiger partial charge in [0.1, 0.15) is 13.1 Å². The first-order chi connectivity index (χ1) is 9.47. The Labute approximate surface area is 115 Å². The van der Waals surface area contributed by atoms with Gasteiger partial charge in [-0.05, 0) is 6.42 Å². The van der Waals surface area contributed by atoms with Crippen molar-refractivity contribution in [2.45, 2.75) is 19.9 Å². The third-order valence-electron chi connectivity index (χ3n) is 2.60. The normalized spacial score (nSPS) is 10.1. The second-order valence-corrected chi connectivity index (χ2v) is 4.13. The number of amides is 1. The van der Waals surface area contributed by atoms with Crippen molar-refractivity contribution in [3.8, 4) is 0 Å². The zero-order chi connectivity index (χ0) is 15.1. The molecule has 1 aromatic heterocycles. The SMILES string of the molecule is CCCN(CC(=O)OC)C(=O)Cn1ccc(=O)[nH]c1=O. The first kappa shape index (κ1) is 15.7. The summed E-state index contributed by atoms with van der Waals surface area (Å²) in [5.41, 5.74) is -1.20. The average Bonchev–Trinajstić information content (AvgIpc) is 2.41. The molecule has 1 amide bonds. The highest BCUT2D eigenvalue weighted by molar-refractivity contribution is 5.81. The van der Waals surface area contributed by atoms with Gasteiger partial charge in [-0.2, -0.15) is 0 Å². The van der Waals surface area contributed by atoms with Crippen LogP contribution in [0.25, 0.3) is 0 Å². The smallest absolute Gasteiger partial charge is 0.328 e. The van der Waals surface area contributed by atoms with Crippen molar-refractivity contribution in [3.63, 3.8) is 0 Å². The topological polar surface area (TPSA) is 101 Å². The van der Waals surface area contributed by atoms with E-state index >= 15 is 0 Å². The number of rotatable bonds is 6. The highest BCUT2D eigenvalue weighted by Crippen LogP contribution is 1.96. The minimum atomic E-state index is -0.666. The van der Waals surface area contributed by atoms with Crippen molar-refractivity contribution in [1.82, 2.24) is 14.5 Å². The molecule has 0 aliphatic heterocycles. The van der Waals surface area contributed by atoms with E-state index in [9.17, 15) is 19.2 Å². The van der Waals surface area contributed by atoms with Crippen LogP contribution in [0.2, 0.25) is 0 Å². The summed E-state index contributed by atoms with van der Waals surface area (Å²) in [6.07, 6.45) is 1.91. The van der Waals surface area contributed by atoms with E-state index in [0.29, 0.717) is 13.0 Å². The van der Waals surface area contributed by atoms with Gasteiger partial charge in [-0.1, -0.05) is 6.92 Å². The molecule has 8 nitrogen and oxygen atoms in total. The van der Waals surface area contributed by atoms with Crippen molar-refractivity contribution in [1.29, 1.82) is 0 Å². The van der Waals surface area contributed by atoms with Crippen LogP contribution in [-0.4, -0.2) is 46.5 Å². The van der Waals surface area contributed by atoms with Gasteiger partial charge in [0.15, 0.2) is 0 Å². The number of hydrogen-bond acceptors (Lipinski definition) is 5. The van der Waals surface area contributed by atoms with E-state index in [1.807, 2.05) is 6.92 Å². The molecule has 0 atom stereocenters. The van der Waals surface area contributed by atoms with Crippen LogP contribution < -0.4 is 11.2 Å². The highest BCUT2D eigenvalue weighted by Gasteiger charge is 2.17. The summed E-state index contributed by atoms with van der Waals surface area (Å²) in [4.78, 5) is 49.1. The maximum absolute atomic E-state index is 12.1. The molecule has 0 radical (unpaired) electrons. The second-order valence-electron chi connectivity index (χ2n) is 4.13. The molecule has 8 heteroatoms. The number of methoxy groups -OCH3 is 1. The molecule has 0 bridgehead atoms. The van der Waals surface area contributed by atoms with Crippen LogP contribution in [0.15, 0.2) is 21.9 Å². The van der Waals surface area contributed by atoms with Crippen LogP contribution in [0.1, 0.15) is 13.3 Å². The lowest BCUT2D eigenvalue weighted by atomic mass is 10.3. The molecule has 1 rings (SSSR count). The lowest BCUT2D eigenvalue weighted by Gasteiger charge is -2.21. The summed E-state index contributed by atoms with van der Waals surface area (Å²) < 4.78 is 5.59. The molecule has 0 saturated heterocycles. The quantitative estimate of drug-likeness (QED) is 0.671. The van der Waals surface area contributed by atoms with Crippen LogP contribution in [-0.2, 0) is 20.9 Å². The lowest BCUT2D eigenvalue weighted by Crippen LogP contribution is -2.41. The Kier molecular flexibility index (Phi) is 5.70. The first-order valence-electron chi connectivity index (χ1n) is 6.12. The summed E-state index contributed by atoms with van der Waals surface area (Å²) in [5.74, 6) is -0.924. The maximum Gasteiger partial charge on any atom is 0.328 e. The minimum absolute atomic E-state index is 0.165. The molecule has 0 aliphatic carbocycles. The standard InChI is InChI=1S/C12H17N3O5/c1-3-5-14(8-11(18)20-2)10(17)7-15-6-4-9(16)13-12(15)19/h4,6H,3,5,7-8H2,1-2H3,(H,13,16,19). The molecule has 0 spiro atoms. The minimum Gasteiger partial charge on any atom is -0.468 e. The summed E-state index contributed by atoms with van der Waals surface area (Å²) in [7, 11) is 1.24. The maximum atomic E-state index is 12.1.